The predicted octanol–water partition coefficient (Wildman–Crippen LogP) is 3.68. The van der Waals surface area contributed by atoms with E-state index in [9.17, 15) is 18.0 Å². The molecule has 0 heterocycles. The maximum atomic E-state index is 13.9. The SMILES string of the molecule is CNC(=O)C(C)N(Cc1cccc(C)c1)C(=O)CN(c1ccc(OC)c(OC)c1)S(=O)(=O)c1ccc(C)cc1. The van der Waals surface area contributed by atoms with E-state index in [1.54, 1.807) is 31.2 Å². The van der Waals surface area contributed by atoms with Gasteiger partial charge in [0.1, 0.15) is 12.6 Å². The lowest BCUT2D eigenvalue weighted by molar-refractivity contribution is -0.139. The number of aryl methyl sites for hydroxylation is 2. The van der Waals surface area contributed by atoms with Crippen molar-refractivity contribution in [2.24, 2.45) is 0 Å². The van der Waals surface area contributed by atoms with Crippen molar-refractivity contribution < 1.29 is 27.5 Å². The van der Waals surface area contributed by atoms with E-state index in [1.807, 2.05) is 38.1 Å². The second kappa shape index (κ2) is 12.7. The van der Waals surface area contributed by atoms with Crippen LogP contribution in [0.25, 0.3) is 0 Å². The average Bonchev–Trinajstić information content (AvgIpc) is 2.93. The monoisotopic (exact) mass is 553 g/mol. The molecule has 0 saturated carbocycles. The maximum absolute atomic E-state index is 13.9. The van der Waals surface area contributed by atoms with Crippen LogP contribution in [0.5, 0.6) is 11.5 Å². The van der Waals surface area contributed by atoms with Gasteiger partial charge in [0.15, 0.2) is 11.5 Å². The Balaban J connectivity index is 2.09. The van der Waals surface area contributed by atoms with Crippen LogP contribution in [0, 0.1) is 13.8 Å². The van der Waals surface area contributed by atoms with Crippen LogP contribution in [0.4, 0.5) is 5.69 Å². The molecule has 0 aliphatic carbocycles. The first-order valence-electron chi connectivity index (χ1n) is 12.4. The number of hydrogen-bond acceptors (Lipinski definition) is 6. The molecule has 1 atom stereocenters. The molecule has 0 aliphatic rings. The first-order chi connectivity index (χ1) is 18.5. The Morgan fingerprint density at radius 2 is 1.56 bits per heavy atom. The van der Waals surface area contributed by atoms with Crippen molar-refractivity contribution in [2.75, 3.05) is 32.1 Å². The summed E-state index contributed by atoms with van der Waals surface area (Å²) in [5.74, 6) is -0.190. The summed E-state index contributed by atoms with van der Waals surface area (Å²) in [6.07, 6.45) is 0. The van der Waals surface area contributed by atoms with E-state index in [4.69, 9.17) is 9.47 Å². The molecule has 0 saturated heterocycles. The summed E-state index contributed by atoms with van der Waals surface area (Å²) in [5.41, 5.74) is 2.93. The van der Waals surface area contributed by atoms with Gasteiger partial charge in [-0.3, -0.25) is 13.9 Å². The Hall–Kier alpha value is -4.05. The van der Waals surface area contributed by atoms with Gasteiger partial charge in [0.2, 0.25) is 11.8 Å². The largest absolute Gasteiger partial charge is 0.493 e. The molecule has 1 unspecified atom stereocenters. The van der Waals surface area contributed by atoms with Crippen molar-refractivity contribution in [1.82, 2.24) is 10.2 Å². The number of sulfonamides is 1. The molecule has 208 valence electrons. The Morgan fingerprint density at radius 3 is 2.15 bits per heavy atom. The molecule has 39 heavy (non-hydrogen) atoms. The van der Waals surface area contributed by atoms with Gasteiger partial charge in [-0.2, -0.15) is 0 Å². The summed E-state index contributed by atoms with van der Waals surface area (Å²) in [7, 11) is 0.228. The molecule has 3 aromatic rings. The van der Waals surface area contributed by atoms with E-state index < -0.39 is 28.5 Å². The third kappa shape index (κ3) is 6.88. The first-order valence-corrected chi connectivity index (χ1v) is 13.8. The third-order valence-electron chi connectivity index (χ3n) is 6.39. The normalized spacial score (nSPS) is 11.8. The number of methoxy groups -OCH3 is 2. The molecule has 9 nitrogen and oxygen atoms in total. The number of nitrogens with zero attached hydrogens (tertiary/aromatic N) is 2. The molecular formula is C29H35N3O6S. The summed E-state index contributed by atoms with van der Waals surface area (Å²) in [6, 6.07) is 17.8. The van der Waals surface area contributed by atoms with E-state index in [2.05, 4.69) is 5.32 Å². The topological polar surface area (TPSA) is 105 Å². The summed E-state index contributed by atoms with van der Waals surface area (Å²) in [6.45, 7) is 4.99. The number of rotatable bonds is 11. The number of carbonyl (C=O) groups is 2. The molecule has 10 heteroatoms. The summed E-state index contributed by atoms with van der Waals surface area (Å²) in [4.78, 5) is 27.9. The zero-order valence-electron chi connectivity index (χ0n) is 23.1. The summed E-state index contributed by atoms with van der Waals surface area (Å²) < 4.78 is 39.6. The first kappa shape index (κ1) is 29.5. The highest BCUT2D eigenvalue weighted by Crippen LogP contribution is 2.34. The minimum atomic E-state index is -4.19. The fourth-order valence-corrected chi connectivity index (χ4v) is 5.55. The van der Waals surface area contributed by atoms with Crippen LogP contribution in [0.3, 0.4) is 0 Å². The average molecular weight is 554 g/mol. The van der Waals surface area contributed by atoms with Gasteiger partial charge in [-0.15, -0.1) is 0 Å². The second-order valence-electron chi connectivity index (χ2n) is 9.16. The molecule has 3 aromatic carbocycles. The molecular weight excluding hydrogens is 518 g/mol. The number of carbonyl (C=O) groups excluding carboxylic acids is 2. The summed E-state index contributed by atoms with van der Waals surface area (Å²) in [5, 5.41) is 2.58. The molecule has 0 aromatic heterocycles. The van der Waals surface area contributed by atoms with Crippen molar-refractivity contribution in [3.63, 3.8) is 0 Å². The van der Waals surface area contributed by atoms with Gasteiger partial charge in [-0.05, 0) is 50.6 Å². The van der Waals surface area contributed by atoms with Crippen molar-refractivity contribution in [2.45, 2.75) is 38.3 Å². The Bertz CT molecular complexity index is 1420. The number of benzene rings is 3. The van der Waals surface area contributed by atoms with E-state index in [-0.39, 0.29) is 23.0 Å². The number of likely N-dealkylation sites (N-methyl/N-ethyl adjacent to an activating group) is 1. The van der Waals surface area contributed by atoms with Crippen LogP contribution in [-0.2, 0) is 26.2 Å². The zero-order valence-corrected chi connectivity index (χ0v) is 23.9. The van der Waals surface area contributed by atoms with Crippen LogP contribution < -0.4 is 19.1 Å². The molecule has 3 rings (SSSR count). The lowest BCUT2D eigenvalue weighted by Gasteiger charge is -2.32. The zero-order chi connectivity index (χ0) is 28.7. The molecule has 0 fully saturated rings. The lowest BCUT2D eigenvalue weighted by Crippen LogP contribution is -2.50. The molecule has 0 aliphatic heterocycles. The minimum Gasteiger partial charge on any atom is -0.493 e. The molecule has 1 N–H and O–H groups in total. The number of anilines is 1. The third-order valence-corrected chi connectivity index (χ3v) is 8.18. The Labute approximate surface area is 230 Å². The lowest BCUT2D eigenvalue weighted by atomic mass is 10.1. The molecule has 2 amide bonds. The fourth-order valence-electron chi connectivity index (χ4n) is 4.14. The van der Waals surface area contributed by atoms with Crippen LogP contribution >= 0.6 is 0 Å². The van der Waals surface area contributed by atoms with E-state index in [0.29, 0.717) is 11.5 Å². The Morgan fingerprint density at radius 1 is 0.897 bits per heavy atom. The highest BCUT2D eigenvalue weighted by Gasteiger charge is 2.32. The molecule has 0 radical (unpaired) electrons. The Kier molecular flexibility index (Phi) is 9.58. The van der Waals surface area contributed by atoms with Crippen molar-refractivity contribution >= 4 is 27.5 Å². The highest BCUT2D eigenvalue weighted by atomic mass is 32.2. The van der Waals surface area contributed by atoms with Gasteiger partial charge < -0.3 is 19.7 Å². The van der Waals surface area contributed by atoms with Crippen molar-refractivity contribution in [3.05, 3.63) is 83.4 Å². The minimum absolute atomic E-state index is 0.0280. The van der Waals surface area contributed by atoms with Gasteiger partial charge in [-0.1, -0.05) is 47.5 Å². The second-order valence-corrected chi connectivity index (χ2v) is 11.0. The van der Waals surface area contributed by atoms with Crippen LogP contribution in [0.1, 0.15) is 23.6 Å². The van der Waals surface area contributed by atoms with Crippen LogP contribution in [0.2, 0.25) is 0 Å². The van der Waals surface area contributed by atoms with E-state index >= 15 is 0 Å². The number of ether oxygens (including phenoxy) is 2. The van der Waals surface area contributed by atoms with Crippen LogP contribution in [-0.4, -0.2) is 59.0 Å². The number of hydrogen-bond donors (Lipinski definition) is 1. The van der Waals surface area contributed by atoms with E-state index in [1.165, 1.54) is 44.4 Å². The number of nitrogens with one attached hydrogen (secondary N) is 1. The van der Waals surface area contributed by atoms with Gasteiger partial charge in [0.25, 0.3) is 10.0 Å². The smallest absolute Gasteiger partial charge is 0.264 e. The molecule has 0 bridgehead atoms. The standard InChI is InChI=1S/C29H35N3O6S/c1-20-10-13-25(14-11-20)39(35,36)32(24-12-15-26(37-5)27(17-24)38-6)19-28(33)31(22(3)29(34)30-4)18-23-9-7-8-21(2)16-23/h7-17,22H,18-19H2,1-6H3,(H,30,34). The molecule has 0 spiro atoms. The van der Waals surface area contributed by atoms with Gasteiger partial charge in [0, 0.05) is 19.7 Å². The highest BCUT2D eigenvalue weighted by molar-refractivity contribution is 7.92. The quantitative estimate of drug-likeness (QED) is 0.389. The van der Waals surface area contributed by atoms with Gasteiger partial charge in [-0.25, -0.2) is 8.42 Å². The van der Waals surface area contributed by atoms with Crippen LogP contribution in [0.15, 0.2) is 71.6 Å². The number of amides is 2. The van der Waals surface area contributed by atoms with Gasteiger partial charge in [0.05, 0.1) is 24.8 Å². The van der Waals surface area contributed by atoms with Crippen molar-refractivity contribution in [1.29, 1.82) is 0 Å². The maximum Gasteiger partial charge on any atom is 0.264 e. The van der Waals surface area contributed by atoms with Crippen molar-refractivity contribution in [3.8, 4) is 11.5 Å². The predicted molar refractivity (Wildman–Crippen MR) is 151 cm³/mol. The van der Waals surface area contributed by atoms with E-state index in [0.717, 1.165) is 21.0 Å². The summed E-state index contributed by atoms with van der Waals surface area (Å²) >= 11 is 0. The van der Waals surface area contributed by atoms with Gasteiger partial charge >= 0.3 is 0 Å². The fraction of sp³-hybridized carbons (Fsp3) is 0.310.